The van der Waals surface area contributed by atoms with E-state index >= 15 is 0 Å². The van der Waals surface area contributed by atoms with Crippen LogP contribution < -0.4 is 9.46 Å². The van der Waals surface area contributed by atoms with Crippen LogP contribution >= 0.6 is 0 Å². The van der Waals surface area contributed by atoms with Crippen LogP contribution in [-0.2, 0) is 22.9 Å². The number of fused-ring (bicyclic) bond motifs is 1. The van der Waals surface area contributed by atoms with Gasteiger partial charge in [-0.2, -0.15) is 0 Å². The molecule has 0 spiro atoms. The van der Waals surface area contributed by atoms with E-state index in [1.165, 1.54) is 11.1 Å². The second-order valence-electron chi connectivity index (χ2n) is 7.86. The molecule has 2 aromatic rings. The Bertz CT molecular complexity index is 887. The standard InChI is InChI=1S/C22H28N2O3S/c1-27-21-8-10-22(11-9-21)28(25,26)23-15-17-5-4-12-24(16-17)20-13-18-6-2-3-7-19(18)14-20/h2-3,6-11,17,20,23H,4-5,12-16H2,1H3. The summed E-state index contributed by atoms with van der Waals surface area (Å²) in [5.74, 6) is 1.00. The summed E-state index contributed by atoms with van der Waals surface area (Å²) >= 11 is 0. The SMILES string of the molecule is COc1ccc(S(=O)(=O)NCC2CCCN(C3Cc4ccccc4C3)C2)cc1. The normalized spacial score (nSPS) is 20.8. The Balaban J connectivity index is 1.34. The molecule has 5 nitrogen and oxygen atoms in total. The lowest BCUT2D eigenvalue weighted by atomic mass is 9.96. The van der Waals surface area contributed by atoms with Gasteiger partial charge >= 0.3 is 0 Å². The van der Waals surface area contributed by atoms with Crippen molar-refractivity contribution in [1.82, 2.24) is 9.62 Å². The van der Waals surface area contributed by atoms with Crippen molar-refractivity contribution in [3.05, 3.63) is 59.7 Å². The fourth-order valence-corrected chi connectivity index (χ4v) is 5.57. The van der Waals surface area contributed by atoms with Crippen LogP contribution in [0.25, 0.3) is 0 Å². The predicted octanol–water partition coefficient (Wildman–Crippen LogP) is 2.85. The van der Waals surface area contributed by atoms with Crippen LogP contribution in [0.1, 0.15) is 24.0 Å². The monoisotopic (exact) mass is 400 g/mol. The first kappa shape index (κ1) is 19.4. The molecule has 6 heteroatoms. The Morgan fingerprint density at radius 2 is 1.75 bits per heavy atom. The molecule has 1 heterocycles. The van der Waals surface area contributed by atoms with E-state index in [0.717, 1.165) is 38.8 Å². The molecule has 1 aliphatic carbocycles. The van der Waals surface area contributed by atoms with Gasteiger partial charge in [-0.1, -0.05) is 24.3 Å². The molecule has 0 aromatic heterocycles. The molecule has 0 radical (unpaired) electrons. The molecule has 1 unspecified atom stereocenters. The molecule has 28 heavy (non-hydrogen) atoms. The lowest BCUT2D eigenvalue weighted by molar-refractivity contribution is 0.128. The molecule has 1 atom stereocenters. The molecule has 150 valence electrons. The third-order valence-electron chi connectivity index (χ3n) is 6.03. The summed E-state index contributed by atoms with van der Waals surface area (Å²) in [6, 6.07) is 15.8. The minimum atomic E-state index is -3.49. The molecule has 1 fully saturated rings. The Morgan fingerprint density at radius 1 is 1.07 bits per heavy atom. The molecule has 2 aromatic carbocycles. The van der Waals surface area contributed by atoms with Gasteiger partial charge in [-0.3, -0.25) is 4.90 Å². The van der Waals surface area contributed by atoms with Gasteiger partial charge in [-0.15, -0.1) is 0 Å². The minimum Gasteiger partial charge on any atom is -0.497 e. The van der Waals surface area contributed by atoms with Crippen molar-refractivity contribution in [3.8, 4) is 5.75 Å². The van der Waals surface area contributed by atoms with Crippen molar-refractivity contribution in [2.45, 2.75) is 36.6 Å². The third-order valence-corrected chi connectivity index (χ3v) is 7.47. The highest BCUT2D eigenvalue weighted by Crippen LogP contribution is 2.28. The van der Waals surface area contributed by atoms with Gasteiger partial charge < -0.3 is 4.74 Å². The molecule has 0 amide bonds. The number of likely N-dealkylation sites (tertiary alicyclic amines) is 1. The number of hydrogen-bond acceptors (Lipinski definition) is 4. The largest absolute Gasteiger partial charge is 0.497 e. The van der Waals surface area contributed by atoms with Gasteiger partial charge in [0.25, 0.3) is 0 Å². The Labute approximate surface area is 167 Å². The Morgan fingerprint density at radius 3 is 2.39 bits per heavy atom. The van der Waals surface area contributed by atoms with E-state index in [9.17, 15) is 8.42 Å². The van der Waals surface area contributed by atoms with Crippen LogP contribution in [0.2, 0.25) is 0 Å². The first-order valence-electron chi connectivity index (χ1n) is 10.00. The zero-order valence-corrected chi connectivity index (χ0v) is 17.1. The van der Waals surface area contributed by atoms with Gasteiger partial charge in [0, 0.05) is 19.1 Å². The second kappa shape index (κ2) is 8.23. The number of rotatable bonds is 6. The number of benzene rings is 2. The molecule has 1 N–H and O–H groups in total. The van der Waals surface area contributed by atoms with E-state index < -0.39 is 10.0 Å². The summed E-state index contributed by atoms with van der Waals surface area (Å²) < 4.78 is 33.1. The van der Waals surface area contributed by atoms with Crippen molar-refractivity contribution in [2.75, 3.05) is 26.7 Å². The molecule has 4 rings (SSSR count). The smallest absolute Gasteiger partial charge is 0.240 e. The van der Waals surface area contributed by atoms with E-state index in [1.54, 1.807) is 31.4 Å². The molecule has 1 aliphatic heterocycles. The predicted molar refractivity (Wildman–Crippen MR) is 110 cm³/mol. The van der Waals surface area contributed by atoms with Gasteiger partial charge in [0.05, 0.1) is 12.0 Å². The van der Waals surface area contributed by atoms with E-state index in [2.05, 4.69) is 33.9 Å². The first-order valence-corrected chi connectivity index (χ1v) is 11.5. The maximum atomic E-state index is 12.6. The van der Waals surface area contributed by atoms with Crippen LogP contribution in [0.5, 0.6) is 5.75 Å². The highest BCUT2D eigenvalue weighted by Gasteiger charge is 2.30. The zero-order valence-electron chi connectivity index (χ0n) is 16.3. The minimum absolute atomic E-state index is 0.284. The van der Waals surface area contributed by atoms with Gasteiger partial charge in [0.15, 0.2) is 0 Å². The van der Waals surface area contributed by atoms with Crippen LogP contribution in [0, 0.1) is 5.92 Å². The summed E-state index contributed by atoms with van der Waals surface area (Å²) in [6.45, 7) is 2.56. The molecular formula is C22H28N2O3S. The molecule has 0 bridgehead atoms. The summed E-state index contributed by atoms with van der Waals surface area (Å²) in [5.41, 5.74) is 2.93. The zero-order chi connectivity index (χ0) is 19.6. The van der Waals surface area contributed by atoms with Crippen LogP contribution in [0.4, 0.5) is 0 Å². The fraction of sp³-hybridized carbons (Fsp3) is 0.455. The van der Waals surface area contributed by atoms with Gasteiger partial charge in [0.1, 0.15) is 5.75 Å². The molecule has 0 saturated carbocycles. The number of sulfonamides is 1. The summed E-state index contributed by atoms with van der Waals surface area (Å²) in [5, 5.41) is 0. The third kappa shape index (κ3) is 4.24. The molecule has 1 saturated heterocycles. The Kier molecular flexibility index (Phi) is 5.71. The number of ether oxygens (including phenoxy) is 1. The Hall–Kier alpha value is -1.89. The fourth-order valence-electron chi connectivity index (χ4n) is 4.46. The summed E-state index contributed by atoms with van der Waals surface area (Å²) in [6.07, 6.45) is 4.42. The van der Waals surface area contributed by atoms with E-state index in [-0.39, 0.29) is 4.90 Å². The van der Waals surface area contributed by atoms with Gasteiger partial charge in [-0.25, -0.2) is 13.1 Å². The van der Waals surface area contributed by atoms with E-state index in [0.29, 0.717) is 24.3 Å². The summed E-state index contributed by atoms with van der Waals surface area (Å²) in [7, 11) is -1.92. The highest BCUT2D eigenvalue weighted by atomic mass is 32.2. The maximum absolute atomic E-state index is 12.6. The van der Waals surface area contributed by atoms with Gasteiger partial charge in [0.2, 0.25) is 10.0 Å². The van der Waals surface area contributed by atoms with Crippen molar-refractivity contribution < 1.29 is 13.2 Å². The number of methoxy groups -OCH3 is 1. The van der Waals surface area contributed by atoms with Gasteiger partial charge in [-0.05, 0) is 73.5 Å². The molecular weight excluding hydrogens is 372 g/mol. The van der Waals surface area contributed by atoms with E-state index in [4.69, 9.17) is 4.74 Å². The van der Waals surface area contributed by atoms with Crippen LogP contribution in [0.3, 0.4) is 0 Å². The van der Waals surface area contributed by atoms with E-state index in [1.807, 2.05) is 0 Å². The lowest BCUT2D eigenvalue weighted by Gasteiger charge is -2.36. The average molecular weight is 401 g/mol. The first-order chi connectivity index (χ1) is 13.5. The highest BCUT2D eigenvalue weighted by molar-refractivity contribution is 7.89. The maximum Gasteiger partial charge on any atom is 0.240 e. The van der Waals surface area contributed by atoms with Crippen molar-refractivity contribution in [1.29, 1.82) is 0 Å². The van der Waals surface area contributed by atoms with Crippen molar-refractivity contribution in [3.63, 3.8) is 0 Å². The number of nitrogens with zero attached hydrogens (tertiary/aromatic N) is 1. The van der Waals surface area contributed by atoms with Crippen LogP contribution in [-0.4, -0.2) is 46.1 Å². The average Bonchev–Trinajstić information content (AvgIpc) is 3.17. The lowest BCUT2D eigenvalue weighted by Crippen LogP contribution is -2.46. The quantitative estimate of drug-likeness (QED) is 0.810. The second-order valence-corrected chi connectivity index (χ2v) is 9.63. The molecule has 2 aliphatic rings. The number of hydrogen-bond donors (Lipinski definition) is 1. The topological polar surface area (TPSA) is 58.6 Å². The summed E-state index contributed by atoms with van der Waals surface area (Å²) in [4.78, 5) is 2.85. The number of nitrogens with one attached hydrogen (secondary N) is 1. The van der Waals surface area contributed by atoms with Crippen molar-refractivity contribution in [2.24, 2.45) is 5.92 Å². The van der Waals surface area contributed by atoms with Crippen molar-refractivity contribution >= 4 is 10.0 Å². The number of piperidine rings is 1. The van der Waals surface area contributed by atoms with Crippen LogP contribution in [0.15, 0.2) is 53.4 Å².